The van der Waals surface area contributed by atoms with Gasteiger partial charge in [-0.2, -0.15) is 4.31 Å². The van der Waals surface area contributed by atoms with Crippen molar-refractivity contribution >= 4 is 27.5 Å². The number of halogens is 1. The second kappa shape index (κ2) is 8.13. The van der Waals surface area contributed by atoms with Gasteiger partial charge in [0.25, 0.3) is 5.91 Å². The van der Waals surface area contributed by atoms with E-state index in [4.69, 9.17) is 16.3 Å². The normalized spacial score (nSPS) is 15.6. The summed E-state index contributed by atoms with van der Waals surface area (Å²) in [6.07, 6.45) is 1.46. The van der Waals surface area contributed by atoms with E-state index in [9.17, 15) is 13.2 Å². The molecule has 1 fully saturated rings. The van der Waals surface area contributed by atoms with E-state index in [-0.39, 0.29) is 23.0 Å². The number of benzene rings is 1. The van der Waals surface area contributed by atoms with Gasteiger partial charge in [0.2, 0.25) is 10.0 Å². The lowest BCUT2D eigenvalue weighted by Crippen LogP contribution is -2.40. The van der Waals surface area contributed by atoms with Crippen LogP contribution in [0.3, 0.4) is 0 Å². The summed E-state index contributed by atoms with van der Waals surface area (Å²) in [5.74, 6) is -0.350. The van der Waals surface area contributed by atoms with Crippen LogP contribution in [-0.4, -0.2) is 49.9 Å². The number of pyridine rings is 1. The lowest BCUT2D eigenvalue weighted by Gasteiger charge is -2.26. The Balaban J connectivity index is 1.63. The first-order valence-corrected chi connectivity index (χ1v) is 9.85. The van der Waals surface area contributed by atoms with Crippen LogP contribution in [0.5, 0.6) is 0 Å². The first kappa shape index (κ1) is 18.8. The number of carbonyl (C=O) groups is 1. The van der Waals surface area contributed by atoms with Crippen molar-refractivity contribution in [3.05, 3.63) is 58.9 Å². The molecule has 0 aliphatic carbocycles. The van der Waals surface area contributed by atoms with Gasteiger partial charge in [-0.3, -0.25) is 9.78 Å². The number of carbonyl (C=O) groups excluding carboxylic acids is 1. The van der Waals surface area contributed by atoms with E-state index in [2.05, 4.69) is 10.3 Å². The van der Waals surface area contributed by atoms with Crippen LogP contribution in [0.25, 0.3) is 0 Å². The number of morpholine rings is 1. The minimum Gasteiger partial charge on any atom is -0.379 e. The predicted molar refractivity (Wildman–Crippen MR) is 96.4 cm³/mol. The zero-order valence-electron chi connectivity index (χ0n) is 13.9. The van der Waals surface area contributed by atoms with Gasteiger partial charge >= 0.3 is 0 Å². The van der Waals surface area contributed by atoms with Crippen molar-refractivity contribution in [1.82, 2.24) is 14.6 Å². The largest absolute Gasteiger partial charge is 0.379 e. The Morgan fingerprint density at radius 1 is 1.19 bits per heavy atom. The molecule has 0 unspecified atom stereocenters. The van der Waals surface area contributed by atoms with Crippen LogP contribution in [0.15, 0.2) is 47.5 Å². The van der Waals surface area contributed by atoms with Gasteiger partial charge in [0.1, 0.15) is 5.69 Å². The molecule has 0 radical (unpaired) electrons. The maximum Gasteiger partial charge on any atom is 0.270 e. The second-order valence-electron chi connectivity index (χ2n) is 5.70. The standard InChI is InChI=1S/C17H18ClN3O4S/c18-14-5-6-19-16(11-14)17(22)20-12-13-1-3-15(4-2-13)26(23,24)21-7-9-25-10-8-21/h1-6,11H,7-10,12H2,(H,20,22). The Labute approximate surface area is 157 Å². The van der Waals surface area contributed by atoms with Gasteiger partial charge in [-0.25, -0.2) is 8.42 Å². The molecule has 1 aliphatic rings. The van der Waals surface area contributed by atoms with Crippen LogP contribution < -0.4 is 5.32 Å². The molecule has 3 rings (SSSR count). The van der Waals surface area contributed by atoms with Gasteiger partial charge in [-0.05, 0) is 29.8 Å². The number of ether oxygens (including phenoxy) is 1. The SMILES string of the molecule is O=C(NCc1ccc(S(=O)(=O)N2CCOCC2)cc1)c1cc(Cl)ccn1. The van der Waals surface area contributed by atoms with Crippen molar-refractivity contribution in [2.75, 3.05) is 26.3 Å². The van der Waals surface area contributed by atoms with Crippen LogP contribution in [0, 0.1) is 0 Å². The van der Waals surface area contributed by atoms with Crippen LogP contribution in [0.2, 0.25) is 5.02 Å². The number of amides is 1. The molecular formula is C17H18ClN3O4S. The van der Waals surface area contributed by atoms with Crippen molar-refractivity contribution in [2.24, 2.45) is 0 Å². The quantitative estimate of drug-likeness (QED) is 0.832. The van der Waals surface area contributed by atoms with E-state index in [1.165, 1.54) is 16.6 Å². The molecule has 0 spiro atoms. The Kier molecular flexibility index (Phi) is 5.87. The van der Waals surface area contributed by atoms with E-state index in [0.29, 0.717) is 31.3 Å². The van der Waals surface area contributed by atoms with Crippen molar-refractivity contribution in [1.29, 1.82) is 0 Å². The smallest absolute Gasteiger partial charge is 0.270 e. The highest BCUT2D eigenvalue weighted by atomic mass is 35.5. The van der Waals surface area contributed by atoms with Crippen LogP contribution in [0.1, 0.15) is 16.1 Å². The van der Waals surface area contributed by atoms with E-state index in [0.717, 1.165) is 5.56 Å². The lowest BCUT2D eigenvalue weighted by molar-refractivity contribution is 0.0730. The summed E-state index contributed by atoms with van der Waals surface area (Å²) >= 11 is 5.84. The molecular weight excluding hydrogens is 378 g/mol. The summed E-state index contributed by atoms with van der Waals surface area (Å²) in [6, 6.07) is 9.52. The average Bonchev–Trinajstić information content (AvgIpc) is 2.67. The number of hydrogen-bond acceptors (Lipinski definition) is 5. The summed E-state index contributed by atoms with van der Waals surface area (Å²) in [5, 5.41) is 3.16. The number of nitrogens with one attached hydrogen (secondary N) is 1. The van der Waals surface area contributed by atoms with Crippen LogP contribution in [-0.2, 0) is 21.3 Å². The molecule has 0 saturated carbocycles. The minimum atomic E-state index is -3.52. The highest BCUT2D eigenvalue weighted by Crippen LogP contribution is 2.17. The molecule has 1 aliphatic heterocycles. The van der Waals surface area contributed by atoms with E-state index >= 15 is 0 Å². The molecule has 1 amide bonds. The van der Waals surface area contributed by atoms with E-state index in [1.807, 2.05) is 0 Å². The minimum absolute atomic E-state index is 0.226. The molecule has 7 nitrogen and oxygen atoms in total. The second-order valence-corrected chi connectivity index (χ2v) is 8.08. The molecule has 1 saturated heterocycles. The molecule has 2 heterocycles. The van der Waals surface area contributed by atoms with Crippen molar-refractivity contribution < 1.29 is 17.9 Å². The number of sulfonamides is 1. The molecule has 2 aromatic rings. The topological polar surface area (TPSA) is 88.6 Å². The van der Waals surface area contributed by atoms with Gasteiger partial charge in [0.15, 0.2) is 0 Å². The van der Waals surface area contributed by atoms with Gasteiger partial charge in [0, 0.05) is 30.9 Å². The fourth-order valence-electron chi connectivity index (χ4n) is 2.52. The van der Waals surface area contributed by atoms with E-state index in [1.54, 1.807) is 30.3 Å². The van der Waals surface area contributed by atoms with Crippen LogP contribution >= 0.6 is 11.6 Å². The fraction of sp³-hybridized carbons (Fsp3) is 0.294. The van der Waals surface area contributed by atoms with Crippen molar-refractivity contribution in [3.63, 3.8) is 0 Å². The monoisotopic (exact) mass is 395 g/mol. The third kappa shape index (κ3) is 4.39. The van der Waals surface area contributed by atoms with Gasteiger partial charge in [0.05, 0.1) is 18.1 Å². The first-order valence-electron chi connectivity index (χ1n) is 8.03. The molecule has 1 N–H and O–H groups in total. The summed E-state index contributed by atoms with van der Waals surface area (Å²) in [5.41, 5.74) is 1.00. The average molecular weight is 396 g/mol. The summed E-state index contributed by atoms with van der Waals surface area (Å²) in [6.45, 7) is 1.77. The number of aromatic nitrogens is 1. The Morgan fingerprint density at radius 2 is 1.88 bits per heavy atom. The molecule has 0 bridgehead atoms. The lowest BCUT2D eigenvalue weighted by atomic mass is 10.2. The molecule has 138 valence electrons. The first-order chi connectivity index (χ1) is 12.5. The van der Waals surface area contributed by atoms with Gasteiger partial charge < -0.3 is 10.1 Å². The molecule has 0 atom stereocenters. The maximum atomic E-state index is 12.6. The highest BCUT2D eigenvalue weighted by molar-refractivity contribution is 7.89. The number of nitrogens with zero attached hydrogens (tertiary/aromatic N) is 2. The van der Waals surface area contributed by atoms with E-state index < -0.39 is 10.0 Å². The maximum absolute atomic E-state index is 12.6. The molecule has 1 aromatic heterocycles. The van der Waals surface area contributed by atoms with Crippen molar-refractivity contribution in [2.45, 2.75) is 11.4 Å². The molecule has 1 aromatic carbocycles. The highest BCUT2D eigenvalue weighted by Gasteiger charge is 2.26. The fourth-order valence-corrected chi connectivity index (χ4v) is 4.08. The zero-order chi connectivity index (χ0) is 18.6. The molecule has 9 heteroatoms. The Morgan fingerprint density at radius 3 is 2.54 bits per heavy atom. The van der Waals surface area contributed by atoms with Crippen LogP contribution in [0.4, 0.5) is 0 Å². The summed E-state index contributed by atoms with van der Waals surface area (Å²) in [4.78, 5) is 16.2. The van der Waals surface area contributed by atoms with Gasteiger partial charge in [-0.15, -0.1) is 0 Å². The third-order valence-corrected chi connectivity index (χ3v) is 6.09. The Hall–Kier alpha value is -2.00. The van der Waals surface area contributed by atoms with Crippen molar-refractivity contribution in [3.8, 4) is 0 Å². The number of rotatable bonds is 5. The Bertz CT molecular complexity index is 881. The van der Waals surface area contributed by atoms with Gasteiger partial charge in [-0.1, -0.05) is 23.7 Å². The summed E-state index contributed by atoms with van der Waals surface area (Å²) in [7, 11) is -3.52. The zero-order valence-corrected chi connectivity index (χ0v) is 15.5. The number of hydrogen-bond donors (Lipinski definition) is 1. The third-order valence-electron chi connectivity index (χ3n) is 3.94. The predicted octanol–water partition coefficient (Wildman–Crippen LogP) is 1.69. The molecule has 26 heavy (non-hydrogen) atoms. The summed E-state index contributed by atoms with van der Waals surface area (Å²) < 4.78 is 31.7.